The molecule has 0 atom stereocenters. The molecule has 0 saturated carbocycles. The van der Waals surface area contributed by atoms with Crippen LogP contribution in [0.3, 0.4) is 0 Å². The fourth-order valence-corrected chi connectivity index (χ4v) is 1.84. The van der Waals surface area contributed by atoms with E-state index in [1.807, 2.05) is 37.3 Å². The monoisotopic (exact) mass is 232 g/mol. The van der Waals surface area contributed by atoms with Crippen LogP contribution in [0.15, 0.2) is 42.1 Å². The lowest BCUT2D eigenvalue weighted by Crippen LogP contribution is -2.29. The topological polar surface area (TPSA) is 32.3 Å². The van der Waals surface area contributed by atoms with Crippen molar-refractivity contribution in [2.24, 2.45) is 0 Å². The SMILES string of the molecule is CC=C1NC(=S)N(Cc2ccccc2)C1=O. The van der Waals surface area contributed by atoms with Crippen molar-refractivity contribution in [1.82, 2.24) is 10.2 Å². The van der Waals surface area contributed by atoms with E-state index in [1.54, 1.807) is 11.0 Å². The number of benzene rings is 1. The van der Waals surface area contributed by atoms with Crippen LogP contribution in [-0.2, 0) is 11.3 Å². The molecular weight excluding hydrogens is 220 g/mol. The van der Waals surface area contributed by atoms with Gasteiger partial charge in [-0.2, -0.15) is 0 Å². The minimum atomic E-state index is -0.0589. The van der Waals surface area contributed by atoms with Crippen molar-refractivity contribution in [1.29, 1.82) is 0 Å². The molecule has 0 radical (unpaired) electrons. The van der Waals surface area contributed by atoms with E-state index in [9.17, 15) is 4.79 Å². The number of carbonyl (C=O) groups excluding carboxylic acids is 1. The van der Waals surface area contributed by atoms with Crippen molar-refractivity contribution in [3.05, 3.63) is 47.7 Å². The van der Waals surface area contributed by atoms with Gasteiger partial charge in [0, 0.05) is 0 Å². The second-order valence-electron chi connectivity index (χ2n) is 3.51. The maximum absolute atomic E-state index is 11.9. The summed E-state index contributed by atoms with van der Waals surface area (Å²) in [6, 6.07) is 9.79. The summed E-state index contributed by atoms with van der Waals surface area (Å²) in [6.07, 6.45) is 1.74. The maximum atomic E-state index is 11.9. The molecule has 2 rings (SSSR count). The number of amides is 1. The van der Waals surface area contributed by atoms with Gasteiger partial charge in [-0.3, -0.25) is 9.69 Å². The Labute approximate surface area is 99.8 Å². The Morgan fingerprint density at radius 2 is 2.06 bits per heavy atom. The van der Waals surface area contributed by atoms with Gasteiger partial charge in [0.1, 0.15) is 5.70 Å². The number of hydrogen-bond acceptors (Lipinski definition) is 2. The number of thiocarbonyl (C=S) groups is 1. The average Bonchev–Trinajstić information content (AvgIpc) is 2.58. The van der Waals surface area contributed by atoms with Crippen LogP contribution in [0.1, 0.15) is 12.5 Å². The van der Waals surface area contributed by atoms with Gasteiger partial charge in [-0.1, -0.05) is 36.4 Å². The zero-order chi connectivity index (χ0) is 11.5. The molecule has 1 amide bonds. The van der Waals surface area contributed by atoms with E-state index in [0.717, 1.165) is 5.56 Å². The van der Waals surface area contributed by atoms with E-state index in [1.165, 1.54) is 0 Å². The Morgan fingerprint density at radius 3 is 2.62 bits per heavy atom. The first-order chi connectivity index (χ1) is 7.72. The van der Waals surface area contributed by atoms with Gasteiger partial charge in [0.2, 0.25) is 0 Å². The van der Waals surface area contributed by atoms with Crippen molar-refractivity contribution in [2.45, 2.75) is 13.5 Å². The Hall–Kier alpha value is -1.68. The predicted molar refractivity (Wildman–Crippen MR) is 66.5 cm³/mol. The van der Waals surface area contributed by atoms with E-state index >= 15 is 0 Å². The number of carbonyl (C=O) groups is 1. The third-order valence-corrected chi connectivity index (χ3v) is 2.76. The first-order valence-corrected chi connectivity index (χ1v) is 5.46. The summed E-state index contributed by atoms with van der Waals surface area (Å²) in [5.74, 6) is -0.0589. The molecule has 3 nitrogen and oxygen atoms in total. The molecule has 1 saturated heterocycles. The lowest BCUT2D eigenvalue weighted by Gasteiger charge is -2.13. The average molecular weight is 232 g/mol. The highest BCUT2D eigenvalue weighted by Gasteiger charge is 2.29. The molecule has 1 aliphatic heterocycles. The second-order valence-corrected chi connectivity index (χ2v) is 3.90. The van der Waals surface area contributed by atoms with Gasteiger partial charge in [-0.15, -0.1) is 0 Å². The van der Waals surface area contributed by atoms with Crippen molar-refractivity contribution < 1.29 is 4.79 Å². The van der Waals surface area contributed by atoms with Crippen molar-refractivity contribution in [3.8, 4) is 0 Å². The Kier molecular flexibility index (Phi) is 3.01. The number of nitrogens with one attached hydrogen (secondary N) is 1. The lowest BCUT2D eigenvalue weighted by atomic mass is 10.2. The highest BCUT2D eigenvalue weighted by molar-refractivity contribution is 7.80. The predicted octanol–water partition coefficient (Wildman–Crippen LogP) is 1.81. The van der Waals surface area contributed by atoms with Crippen LogP contribution >= 0.6 is 12.2 Å². The molecule has 0 spiro atoms. The molecule has 4 heteroatoms. The summed E-state index contributed by atoms with van der Waals surface area (Å²) >= 11 is 5.11. The van der Waals surface area contributed by atoms with E-state index in [2.05, 4.69) is 5.32 Å². The summed E-state index contributed by atoms with van der Waals surface area (Å²) in [6.45, 7) is 2.33. The van der Waals surface area contributed by atoms with Gasteiger partial charge < -0.3 is 5.32 Å². The normalized spacial score (nSPS) is 18.1. The smallest absolute Gasteiger partial charge is 0.276 e. The molecule has 1 aromatic rings. The molecule has 16 heavy (non-hydrogen) atoms. The van der Waals surface area contributed by atoms with E-state index < -0.39 is 0 Å². The molecular formula is C12H12N2OS. The second kappa shape index (κ2) is 4.45. The first-order valence-electron chi connectivity index (χ1n) is 5.05. The number of allylic oxidation sites excluding steroid dienone is 1. The number of rotatable bonds is 2. The minimum Gasteiger partial charge on any atom is -0.328 e. The molecule has 0 aromatic heterocycles. The largest absolute Gasteiger partial charge is 0.328 e. The van der Waals surface area contributed by atoms with Crippen LogP contribution in [0.4, 0.5) is 0 Å². The number of nitrogens with zero attached hydrogens (tertiary/aromatic N) is 1. The van der Waals surface area contributed by atoms with Crippen LogP contribution < -0.4 is 5.32 Å². The number of hydrogen-bond donors (Lipinski definition) is 1. The van der Waals surface area contributed by atoms with Gasteiger partial charge in [0.15, 0.2) is 5.11 Å². The van der Waals surface area contributed by atoms with Crippen LogP contribution in [-0.4, -0.2) is 15.9 Å². The maximum Gasteiger partial charge on any atom is 0.276 e. The fraction of sp³-hybridized carbons (Fsp3) is 0.167. The molecule has 82 valence electrons. The highest BCUT2D eigenvalue weighted by Crippen LogP contribution is 2.13. The van der Waals surface area contributed by atoms with E-state index in [-0.39, 0.29) is 5.91 Å². The Balaban J connectivity index is 2.17. The zero-order valence-corrected chi connectivity index (χ0v) is 9.75. The Bertz CT molecular complexity index is 453. The Morgan fingerprint density at radius 1 is 1.38 bits per heavy atom. The van der Waals surface area contributed by atoms with E-state index in [0.29, 0.717) is 17.4 Å². The van der Waals surface area contributed by atoms with Crippen LogP contribution in [0, 0.1) is 0 Å². The van der Waals surface area contributed by atoms with Gasteiger partial charge >= 0.3 is 0 Å². The van der Waals surface area contributed by atoms with Crippen LogP contribution in [0.2, 0.25) is 0 Å². The third-order valence-electron chi connectivity index (χ3n) is 2.43. The molecule has 1 aromatic carbocycles. The van der Waals surface area contributed by atoms with Gasteiger partial charge in [-0.25, -0.2) is 0 Å². The molecule has 1 N–H and O–H groups in total. The van der Waals surface area contributed by atoms with Crippen molar-refractivity contribution in [3.63, 3.8) is 0 Å². The van der Waals surface area contributed by atoms with Gasteiger partial charge in [-0.05, 0) is 24.7 Å². The molecule has 0 unspecified atom stereocenters. The molecule has 0 aliphatic carbocycles. The summed E-state index contributed by atoms with van der Waals surface area (Å²) in [5, 5.41) is 3.37. The minimum absolute atomic E-state index is 0.0589. The van der Waals surface area contributed by atoms with Crippen molar-refractivity contribution >= 4 is 23.2 Å². The summed E-state index contributed by atoms with van der Waals surface area (Å²) < 4.78 is 0. The van der Waals surface area contributed by atoms with Crippen LogP contribution in [0.25, 0.3) is 0 Å². The van der Waals surface area contributed by atoms with E-state index in [4.69, 9.17) is 12.2 Å². The zero-order valence-electron chi connectivity index (χ0n) is 8.93. The third kappa shape index (κ3) is 1.97. The fourth-order valence-electron chi connectivity index (χ4n) is 1.58. The highest BCUT2D eigenvalue weighted by atomic mass is 32.1. The molecule has 1 heterocycles. The molecule has 0 bridgehead atoms. The summed E-state index contributed by atoms with van der Waals surface area (Å²) in [4.78, 5) is 13.4. The molecule has 1 fully saturated rings. The first kappa shape index (κ1) is 10.8. The quantitative estimate of drug-likeness (QED) is 0.623. The molecule has 1 aliphatic rings. The standard InChI is InChI=1S/C12H12N2OS/c1-2-10-11(15)14(12(16)13-10)8-9-6-4-3-5-7-9/h2-7H,8H2,1H3,(H,13,16). The summed E-state index contributed by atoms with van der Waals surface area (Å²) in [7, 11) is 0. The van der Waals surface area contributed by atoms with Crippen molar-refractivity contribution in [2.75, 3.05) is 0 Å². The van der Waals surface area contributed by atoms with Crippen LogP contribution in [0.5, 0.6) is 0 Å². The lowest BCUT2D eigenvalue weighted by molar-refractivity contribution is -0.122. The van der Waals surface area contributed by atoms with Gasteiger partial charge in [0.05, 0.1) is 6.54 Å². The van der Waals surface area contributed by atoms with Gasteiger partial charge in [0.25, 0.3) is 5.91 Å². The summed E-state index contributed by atoms with van der Waals surface area (Å²) in [5.41, 5.74) is 1.62.